The van der Waals surface area contributed by atoms with Crippen LogP contribution in [0.3, 0.4) is 0 Å². The van der Waals surface area contributed by atoms with E-state index in [-0.39, 0.29) is 6.09 Å². The van der Waals surface area contributed by atoms with Crippen LogP contribution in [0.4, 0.5) is 10.5 Å². The third kappa shape index (κ3) is 4.62. The number of carbonyl (C=O) groups is 1. The van der Waals surface area contributed by atoms with Gasteiger partial charge in [-0.05, 0) is 42.7 Å². The fourth-order valence-electron chi connectivity index (χ4n) is 2.58. The van der Waals surface area contributed by atoms with Gasteiger partial charge < -0.3 is 15.4 Å². The fraction of sp³-hybridized carbons (Fsp3) is 0.625. The van der Waals surface area contributed by atoms with E-state index in [0.29, 0.717) is 18.4 Å². The second kappa shape index (κ2) is 7.29. The van der Waals surface area contributed by atoms with Crippen LogP contribution in [0.2, 0.25) is 0 Å². The average molecular weight is 291 g/mol. The molecule has 2 N–H and O–H groups in total. The van der Waals surface area contributed by atoms with Crippen LogP contribution in [0.25, 0.3) is 0 Å². The lowest BCUT2D eigenvalue weighted by Gasteiger charge is -2.31. The lowest BCUT2D eigenvalue weighted by Crippen LogP contribution is -2.39. The molecule has 0 spiro atoms. The van der Waals surface area contributed by atoms with Crippen molar-refractivity contribution in [2.24, 2.45) is 11.8 Å². The predicted molar refractivity (Wildman–Crippen MR) is 82.8 cm³/mol. The average Bonchev–Trinajstić information content (AvgIpc) is 2.48. The number of rotatable bonds is 4. The number of hydrogen-bond acceptors (Lipinski definition) is 4. The van der Waals surface area contributed by atoms with E-state index in [4.69, 9.17) is 10.5 Å². The third-order valence-corrected chi connectivity index (χ3v) is 3.87. The Bertz CT molecular complexity index is 468. The van der Waals surface area contributed by atoms with Crippen molar-refractivity contribution in [3.05, 3.63) is 24.0 Å². The molecule has 1 aliphatic heterocycles. The molecule has 21 heavy (non-hydrogen) atoms. The number of nitrogens with two attached hydrogens (primary N) is 1. The van der Waals surface area contributed by atoms with Crippen LogP contribution in [0.15, 0.2) is 18.5 Å². The molecule has 1 amide bonds. The van der Waals surface area contributed by atoms with Crippen LogP contribution >= 0.6 is 0 Å². The molecule has 0 aliphatic carbocycles. The van der Waals surface area contributed by atoms with E-state index in [1.165, 1.54) is 0 Å². The number of amides is 1. The number of pyridine rings is 1. The number of ether oxygens (including phenoxy) is 1. The molecule has 0 unspecified atom stereocenters. The first-order chi connectivity index (χ1) is 10.1. The molecule has 2 rings (SSSR count). The van der Waals surface area contributed by atoms with Gasteiger partial charge in [-0.3, -0.25) is 4.98 Å². The molecule has 1 fully saturated rings. The van der Waals surface area contributed by atoms with Crippen LogP contribution in [0.5, 0.6) is 0 Å². The Balaban J connectivity index is 1.78. The first-order valence-electron chi connectivity index (χ1n) is 7.66. The van der Waals surface area contributed by atoms with Gasteiger partial charge in [0.2, 0.25) is 0 Å². The maximum Gasteiger partial charge on any atom is 0.409 e. The monoisotopic (exact) mass is 291 g/mol. The van der Waals surface area contributed by atoms with E-state index in [1.54, 1.807) is 12.4 Å². The summed E-state index contributed by atoms with van der Waals surface area (Å²) in [6.45, 7) is 6.11. The van der Waals surface area contributed by atoms with Crippen LogP contribution in [-0.4, -0.2) is 35.7 Å². The maximum atomic E-state index is 11.9. The summed E-state index contributed by atoms with van der Waals surface area (Å²) in [4.78, 5) is 17.7. The molecule has 1 aliphatic rings. The van der Waals surface area contributed by atoms with Crippen molar-refractivity contribution in [1.29, 1.82) is 0 Å². The van der Waals surface area contributed by atoms with Crippen molar-refractivity contribution in [2.75, 3.05) is 25.4 Å². The SMILES string of the molecule is CC(C)COC(=O)N1CCC(Cc2ccncc2N)CC1. The summed E-state index contributed by atoms with van der Waals surface area (Å²) in [7, 11) is 0. The zero-order chi connectivity index (χ0) is 15.2. The van der Waals surface area contributed by atoms with Gasteiger partial charge in [-0.2, -0.15) is 0 Å². The largest absolute Gasteiger partial charge is 0.449 e. The van der Waals surface area contributed by atoms with Crippen LogP contribution < -0.4 is 5.73 Å². The van der Waals surface area contributed by atoms with Gasteiger partial charge in [-0.15, -0.1) is 0 Å². The van der Waals surface area contributed by atoms with Crippen LogP contribution in [0, 0.1) is 11.8 Å². The maximum absolute atomic E-state index is 11.9. The van der Waals surface area contributed by atoms with Gasteiger partial charge in [0, 0.05) is 19.3 Å². The Kier molecular flexibility index (Phi) is 5.42. The number of carbonyl (C=O) groups excluding carboxylic acids is 1. The minimum Gasteiger partial charge on any atom is -0.449 e. The lowest BCUT2D eigenvalue weighted by molar-refractivity contribution is 0.0790. The van der Waals surface area contributed by atoms with Gasteiger partial charge in [0.25, 0.3) is 0 Å². The Morgan fingerprint density at radius 3 is 2.81 bits per heavy atom. The number of piperidine rings is 1. The Hall–Kier alpha value is -1.78. The molecular weight excluding hydrogens is 266 g/mol. The smallest absolute Gasteiger partial charge is 0.409 e. The van der Waals surface area contributed by atoms with Crippen molar-refractivity contribution in [2.45, 2.75) is 33.1 Å². The summed E-state index contributed by atoms with van der Waals surface area (Å²) >= 11 is 0. The minimum atomic E-state index is -0.175. The normalized spacial score (nSPS) is 16.2. The number of nitrogen functional groups attached to an aromatic ring is 1. The molecular formula is C16H25N3O2. The molecule has 0 saturated carbocycles. The van der Waals surface area contributed by atoms with Gasteiger partial charge >= 0.3 is 6.09 Å². The van der Waals surface area contributed by atoms with Crippen molar-refractivity contribution < 1.29 is 9.53 Å². The van der Waals surface area contributed by atoms with Gasteiger partial charge in [-0.25, -0.2) is 4.79 Å². The minimum absolute atomic E-state index is 0.175. The summed E-state index contributed by atoms with van der Waals surface area (Å²) in [5.41, 5.74) is 7.85. The Labute approximate surface area is 126 Å². The molecule has 1 aromatic rings. The third-order valence-electron chi connectivity index (χ3n) is 3.87. The van der Waals surface area contributed by atoms with E-state index in [2.05, 4.69) is 4.98 Å². The Morgan fingerprint density at radius 1 is 1.48 bits per heavy atom. The molecule has 0 atom stereocenters. The van der Waals surface area contributed by atoms with Crippen LogP contribution in [0.1, 0.15) is 32.3 Å². The van der Waals surface area contributed by atoms with Gasteiger partial charge in [0.15, 0.2) is 0 Å². The topological polar surface area (TPSA) is 68.5 Å². The van der Waals surface area contributed by atoms with Gasteiger partial charge in [-0.1, -0.05) is 13.8 Å². The van der Waals surface area contributed by atoms with Crippen molar-refractivity contribution >= 4 is 11.8 Å². The molecule has 0 aromatic carbocycles. The highest BCUT2D eigenvalue weighted by molar-refractivity contribution is 5.67. The van der Waals surface area contributed by atoms with Crippen molar-refractivity contribution in [3.63, 3.8) is 0 Å². The molecule has 116 valence electrons. The molecule has 2 heterocycles. The lowest BCUT2D eigenvalue weighted by atomic mass is 9.90. The second-order valence-corrected chi connectivity index (χ2v) is 6.18. The fourth-order valence-corrected chi connectivity index (χ4v) is 2.58. The summed E-state index contributed by atoms with van der Waals surface area (Å²) in [5, 5.41) is 0. The highest BCUT2D eigenvalue weighted by Crippen LogP contribution is 2.24. The second-order valence-electron chi connectivity index (χ2n) is 6.18. The molecule has 1 saturated heterocycles. The number of aromatic nitrogens is 1. The van der Waals surface area contributed by atoms with E-state index in [1.807, 2.05) is 24.8 Å². The zero-order valence-electron chi connectivity index (χ0n) is 12.9. The molecule has 5 nitrogen and oxygen atoms in total. The number of anilines is 1. The number of hydrogen-bond donors (Lipinski definition) is 1. The standard InChI is InChI=1S/C16H25N3O2/c1-12(2)11-21-16(20)19-7-4-13(5-8-19)9-14-3-6-18-10-15(14)17/h3,6,10,12-13H,4-5,7-9,11,17H2,1-2H3. The van der Waals surface area contributed by atoms with E-state index in [9.17, 15) is 4.79 Å². The summed E-state index contributed by atoms with van der Waals surface area (Å²) in [5.74, 6) is 0.949. The highest BCUT2D eigenvalue weighted by atomic mass is 16.6. The molecule has 1 aromatic heterocycles. The molecule has 0 radical (unpaired) electrons. The van der Waals surface area contributed by atoms with Crippen LogP contribution in [-0.2, 0) is 11.2 Å². The Morgan fingerprint density at radius 2 is 2.19 bits per heavy atom. The summed E-state index contributed by atoms with van der Waals surface area (Å²) in [6, 6.07) is 1.98. The number of likely N-dealkylation sites (tertiary alicyclic amines) is 1. The first kappa shape index (κ1) is 15.6. The van der Waals surface area contributed by atoms with Crippen molar-refractivity contribution in [1.82, 2.24) is 9.88 Å². The molecule has 5 heteroatoms. The predicted octanol–water partition coefficient (Wildman–Crippen LogP) is 2.71. The van der Waals surface area contributed by atoms with E-state index in [0.717, 1.165) is 43.6 Å². The quantitative estimate of drug-likeness (QED) is 0.926. The summed E-state index contributed by atoms with van der Waals surface area (Å²) < 4.78 is 5.27. The summed E-state index contributed by atoms with van der Waals surface area (Å²) in [6.07, 6.45) is 6.27. The van der Waals surface area contributed by atoms with E-state index >= 15 is 0 Å². The molecule has 0 bridgehead atoms. The van der Waals surface area contributed by atoms with Crippen molar-refractivity contribution in [3.8, 4) is 0 Å². The van der Waals surface area contributed by atoms with E-state index < -0.39 is 0 Å². The zero-order valence-corrected chi connectivity index (χ0v) is 12.9. The highest BCUT2D eigenvalue weighted by Gasteiger charge is 2.24. The first-order valence-corrected chi connectivity index (χ1v) is 7.66. The number of nitrogens with zero attached hydrogens (tertiary/aromatic N) is 2. The van der Waals surface area contributed by atoms with Gasteiger partial charge in [0.1, 0.15) is 0 Å². The van der Waals surface area contributed by atoms with Gasteiger partial charge in [0.05, 0.1) is 18.5 Å².